The Hall–Kier alpha value is -2.70. The van der Waals surface area contributed by atoms with Crippen LogP contribution in [0.1, 0.15) is 18.9 Å². The van der Waals surface area contributed by atoms with Gasteiger partial charge in [-0.25, -0.2) is 9.37 Å². The number of carbonyl (C=O) groups excluding carboxylic acids is 2. The molecule has 1 aromatic heterocycles. The standard InChI is InChI=1S/C18H21FN4O2/c1-12-3-4-16(15(19)7-12)23-10-14(8-17(23)24)18(25)21-13(2)9-22-6-5-20-11-22/h3-7,11,13-14H,8-10H2,1-2H3,(H,21,25)/t13-,14+/m1/s1. The summed E-state index contributed by atoms with van der Waals surface area (Å²) in [4.78, 5) is 30.0. The van der Waals surface area contributed by atoms with Crippen LogP contribution in [0.5, 0.6) is 0 Å². The summed E-state index contributed by atoms with van der Waals surface area (Å²) in [6, 6.07) is 4.64. The van der Waals surface area contributed by atoms with Crippen molar-refractivity contribution in [3.8, 4) is 0 Å². The van der Waals surface area contributed by atoms with Crippen molar-refractivity contribution in [1.29, 1.82) is 0 Å². The number of carbonyl (C=O) groups is 2. The Bertz CT molecular complexity index is 775. The first kappa shape index (κ1) is 17.1. The highest BCUT2D eigenvalue weighted by Gasteiger charge is 2.36. The van der Waals surface area contributed by atoms with Crippen LogP contribution < -0.4 is 10.2 Å². The molecular formula is C18H21FN4O2. The van der Waals surface area contributed by atoms with E-state index in [4.69, 9.17) is 0 Å². The van der Waals surface area contributed by atoms with Gasteiger partial charge in [0.15, 0.2) is 0 Å². The van der Waals surface area contributed by atoms with Gasteiger partial charge in [-0.1, -0.05) is 6.07 Å². The van der Waals surface area contributed by atoms with Crippen molar-refractivity contribution in [3.05, 3.63) is 48.3 Å². The molecule has 1 fully saturated rings. The smallest absolute Gasteiger partial charge is 0.227 e. The maximum Gasteiger partial charge on any atom is 0.227 e. The number of aryl methyl sites for hydroxylation is 1. The minimum atomic E-state index is -0.474. The molecule has 1 saturated heterocycles. The van der Waals surface area contributed by atoms with Crippen molar-refractivity contribution in [2.75, 3.05) is 11.4 Å². The number of hydrogen-bond acceptors (Lipinski definition) is 3. The summed E-state index contributed by atoms with van der Waals surface area (Å²) in [5.74, 6) is -1.33. The third-order valence-corrected chi connectivity index (χ3v) is 4.32. The Morgan fingerprint density at radius 2 is 2.28 bits per heavy atom. The number of benzene rings is 1. The van der Waals surface area contributed by atoms with E-state index in [0.29, 0.717) is 6.54 Å². The minimum absolute atomic E-state index is 0.0942. The molecule has 1 N–H and O–H groups in total. The summed E-state index contributed by atoms with van der Waals surface area (Å²) in [6.45, 7) is 4.48. The lowest BCUT2D eigenvalue weighted by Crippen LogP contribution is -2.40. The van der Waals surface area contributed by atoms with E-state index in [1.54, 1.807) is 31.6 Å². The highest BCUT2D eigenvalue weighted by molar-refractivity contribution is 6.00. The average molecular weight is 344 g/mol. The van der Waals surface area contributed by atoms with Crippen molar-refractivity contribution in [2.24, 2.45) is 5.92 Å². The highest BCUT2D eigenvalue weighted by Crippen LogP contribution is 2.28. The van der Waals surface area contributed by atoms with Gasteiger partial charge >= 0.3 is 0 Å². The number of rotatable bonds is 5. The van der Waals surface area contributed by atoms with E-state index < -0.39 is 11.7 Å². The molecule has 2 heterocycles. The zero-order valence-electron chi connectivity index (χ0n) is 14.3. The first-order valence-electron chi connectivity index (χ1n) is 8.26. The van der Waals surface area contributed by atoms with Gasteiger partial charge in [-0.2, -0.15) is 0 Å². The summed E-state index contributed by atoms with van der Waals surface area (Å²) < 4.78 is 16.0. The molecule has 0 spiro atoms. The van der Waals surface area contributed by atoms with Crippen LogP contribution in [0.25, 0.3) is 0 Å². The lowest BCUT2D eigenvalue weighted by Gasteiger charge is -2.19. The largest absolute Gasteiger partial charge is 0.352 e. The average Bonchev–Trinajstić information content (AvgIpc) is 3.17. The second-order valence-electron chi connectivity index (χ2n) is 6.53. The Morgan fingerprint density at radius 1 is 1.48 bits per heavy atom. The van der Waals surface area contributed by atoms with Gasteiger partial charge in [0.25, 0.3) is 0 Å². The summed E-state index contributed by atoms with van der Waals surface area (Å²) >= 11 is 0. The first-order chi connectivity index (χ1) is 11.9. The second kappa shape index (κ2) is 7.04. The molecule has 1 aromatic carbocycles. The van der Waals surface area contributed by atoms with E-state index >= 15 is 0 Å². The fourth-order valence-corrected chi connectivity index (χ4v) is 3.06. The van der Waals surface area contributed by atoms with Crippen LogP contribution in [0.2, 0.25) is 0 Å². The van der Waals surface area contributed by atoms with Crippen LogP contribution >= 0.6 is 0 Å². The fourth-order valence-electron chi connectivity index (χ4n) is 3.06. The highest BCUT2D eigenvalue weighted by atomic mass is 19.1. The molecule has 2 aromatic rings. The molecule has 0 saturated carbocycles. The number of amides is 2. The number of anilines is 1. The van der Waals surface area contributed by atoms with Crippen LogP contribution in [0.3, 0.4) is 0 Å². The van der Waals surface area contributed by atoms with Gasteiger partial charge in [-0.3, -0.25) is 9.59 Å². The van der Waals surface area contributed by atoms with E-state index in [1.807, 2.05) is 17.7 Å². The zero-order chi connectivity index (χ0) is 18.0. The normalized spacial score (nSPS) is 18.4. The fraction of sp³-hybridized carbons (Fsp3) is 0.389. The molecule has 7 heteroatoms. The molecular weight excluding hydrogens is 323 g/mol. The number of imidazole rings is 1. The SMILES string of the molecule is Cc1ccc(N2C[C@@H](C(=O)N[C@H](C)Cn3ccnc3)CC2=O)c(F)c1. The maximum atomic E-state index is 14.1. The van der Waals surface area contributed by atoms with E-state index in [-0.39, 0.29) is 36.5 Å². The zero-order valence-corrected chi connectivity index (χ0v) is 14.3. The molecule has 132 valence electrons. The van der Waals surface area contributed by atoms with Crippen molar-refractivity contribution in [1.82, 2.24) is 14.9 Å². The van der Waals surface area contributed by atoms with Crippen molar-refractivity contribution >= 4 is 17.5 Å². The molecule has 25 heavy (non-hydrogen) atoms. The van der Waals surface area contributed by atoms with E-state index in [1.165, 1.54) is 11.0 Å². The Balaban J connectivity index is 1.62. The van der Waals surface area contributed by atoms with Crippen LogP contribution in [-0.2, 0) is 16.1 Å². The molecule has 0 unspecified atom stereocenters. The topological polar surface area (TPSA) is 67.2 Å². The summed E-state index contributed by atoms with van der Waals surface area (Å²) in [5.41, 5.74) is 1.02. The molecule has 2 amide bonds. The quantitative estimate of drug-likeness (QED) is 0.901. The van der Waals surface area contributed by atoms with Gasteiger partial charge in [-0.15, -0.1) is 0 Å². The molecule has 3 rings (SSSR count). The maximum absolute atomic E-state index is 14.1. The molecule has 0 radical (unpaired) electrons. The third kappa shape index (κ3) is 3.87. The monoisotopic (exact) mass is 344 g/mol. The number of hydrogen-bond donors (Lipinski definition) is 1. The van der Waals surface area contributed by atoms with Crippen LogP contribution in [-0.4, -0.2) is 34.0 Å². The van der Waals surface area contributed by atoms with Crippen molar-refractivity contribution < 1.29 is 14.0 Å². The summed E-state index contributed by atoms with van der Waals surface area (Å²) in [5, 5.41) is 2.92. The molecule has 2 atom stereocenters. The van der Waals surface area contributed by atoms with Gasteiger partial charge in [0, 0.05) is 37.9 Å². The van der Waals surface area contributed by atoms with Gasteiger partial charge in [0.2, 0.25) is 11.8 Å². The summed E-state index contributed by atoms with van der Waals surface area (Å²) in [6.07, 6.45) is 5.28. The number of aromatic nitrogens is 2. The van der Waals surface area contributed by atoms with Crippen molar-refractivity contribution in [3.63, 3.8) is 0 Å². The predicted octanol–water partition coefficient (Wildman–Crippen LogP) is 1.89. The molecule has 6 nitrogen and oxygen atoms in total. The Labute approximate surface area is 145 Å². The predicted molar refractivity (Wildman–Crippen MR) is 91.4 cm³/mol. The van der Waals surface area contributed by atoms with E-state index in [9.17, 15) is 14.0 Å². The molecule has 1 aliphatic rings. The van der Waals surface area contributed by atoms with Gasteiger partial charge < -0.3 is 14.8 Å². The van der Waals surface area contributed by atoms with Gasteiger partial charge in [0.1, 0.15) is 5.82 Å². The number of halogens is 1. The van der Waals surface area contributed by atoms with Gasteiger partial charge in [0.05, 0.1) is 17.9 Å². The number of nitrogens with zero attached hydrogens (tertiary/aromatic N) is 3. The Kier molecular flexibility index (Phi) is 4.83. The number of nitrogens with one attached hydrogen (secondary N) is 1. The molecule has 0 aliphatic carbocycles. The Morgan fingerprint density at radius 3 is 2.96 bits per heavy atom. The van der Waals surface area contributed by atoms with E-state index in [2.05, 4.69) is 10.3 Å². The van der Waals surface area contributed by atoms with Crippen LogP contribution in [0.4, 0.5) is 10.1 Å². The van der Waals surface area contributed by atoms with Crippen LogP contribution in [0.15, 0.2) is 36.9 Å². The lowest BCUT2D eigenvalue weighted by atomic mass is 10.1. The lowest BCUT2D eigenvalue weighted by molar-refractivity contribution is -0.126. The minimum Gasteiger partial charge on any atom is -0.352 e. The molecule has 1 aliphatic heterocycles. The van der Waals surface area contributed by atoms with Gasteiger partial charge in [-0.05, 0) is 31.5 Å². The van der Waals surface area contributed by atoms with Crippen LogP contribution in [0, 0.1) is 18.7 Å². The second-order valence-corrected chi connectivity index (χ2v) is 6.53. The van der Waals surface area contributed by atoms with Crippen molar-refractivity contribution in [2.45, 2.75) is 32.9 Å². The van der Waals surface area contributed by atoms with E-state index in [0.717, 1.165) is 5.56 Å². The molecule has 0 bridgehead atoms. The summed E-state index contributed by atoms with van der Waals surface area (Å²) in [7, 11) is 0. The third-order valence-electron chi connectivity index (χ3n) is 4.32. The first-order valence-corrected chi connectivity index (χ1v) is 8.26.